The van der Waals surface area contributed by atoms with Gasteiger partial charge < -0.3 is 20.5 Å². The molecule has 0 radical (unpaired) electrons. The molecule has 0 aliphatic rings. The van der Waals surface area contributed by atoms with Crippen molar-refractivity contribution in [3.8, 4) is 5.75 Å². The molecule has 5 nitrogen and oxygen atoms in total. The van der Waals surface area contributed by atoms with Crippen molar-refractivity contribution in [1.29, 1.82) is 0 Å². The molecule has 106 valence electrons. The predicted octanol–water partition coefficient (Wildman–Crippen LogP) is 0.935. The van der Waals surface area contributed by atoms with E-state index < -0.39 is 0 Å². The van der Waals surface area contributed by atoms with Gasteiger partial charge in [0.1, 0.15) is 12.4 Å². The molecule has 0 aromatic heterocycles. The lowest BCUT2D eigenvalue weighted by atomic mass is 10.2. The van der Waals surface area contributed by atoms with Gasteiger partial charge in [-0.05, 0) is 25.1 Å². The van der Waals surface area contributed by atoms with Crippen LogP contribution in [0.2, 0.25) is 0 Å². The summed E-state index contributed by atoms with van der Waals surface area (Å²) in [6, 6.07) is 9.25. The zero-order chi connectivity index (χ0) is 13.9. The fourth-order valence-corrected chi connectivity index (χ4v) is 1.63. The van der Waals surface area contributed by atoms with Crippen molar-refractivity contribution in [2.45, 2.75) is 19.4 Å². The van der Waals surface area contributed by atoms with Crippen molar-refractivity contribution < 1.29 is 14.3 Å². The van der Waals surface area contributed by atoms with Crippen LogP contribution in [0.5, 0.6) is 5.75 Å². The number of carbonyl (C=O) groups is 1. The van der Waals surface area contributed by atoms with Crippen molar-refractivity contribution in [2.24, 2.45) is 5.73 Å². The first-order valence-electron chi connectivity index (χ1n) is 6.52. The maximum Gasteiger partial charge on any atom is 0.234 e. The molecule has 0 spiro atoms. The van der Waals surface area contributed by atoms with Crippen LogP contribution in [0.25, 0.3) is 0 Å². The number of carbonyl (C=O) groups excluding carboxylic acids is 1. The Morgan fingerprint density at radius 1 is 1.26 bits per heavy atom. The van der Waals surface area contributed by atoms with Gasteiger partial charge in [0.2, 0.25) is 5.91 Å². The van der Waals surface area contributed by atoms with E-state index in [1.807, 2.05) is 37.3 Å². The summed E-state index contributed by atoms with van der Waals surface area (Å²) in [5.41, 5.74) is 5.26. The maximum atomic E-state index is 11.1. The number of amides is 1. The monoisotopic (exact) mass is 266 g/mol. The van der Waals surface area contributed by atoms with Gasteiger partial charge in [-0.1, -0.05) is 25.1 Å². The van der Waals surface area contributed by atoms with Crippen LogP contribution in [-0.2, 0) is 9.53 Å². The van der Waals surface area contributed by atoms with Crippen LogP contribution in [0.15, 0.2) is 30.3 Å². The smallest absolute Gasteiger partial charge is 0.234 e. The molecule has 1 rings (SSSR count). The summed E-state index contributed by atoms with van der Waals surface area (Å²) in [5, 5.41) is 3.01. The van der Waals surface area contributed by atoms with E-state index >= 15 is 0 Å². The third-order valence-electron chi connectivity index (χ3n) is 2.58. The normalized spacial score (nSPS) is 12.1. The van der Waals surface area contributed by atoms with Crippen molar-refractivity contribution in [3.63, 3.8) is 0 Å². The number of hydrogen-bond acceptors (Lipinski definition) is 4. The number of likely N-dealkylation sites (N-methyl/N-ethyl adjacent to an activating group) is 1. The molecule has 0 aliphatic carbocycles. The Hall–Kier alpha value is -1.59. The Labute approximate surface area is 114 Å². The largest absolute Gasteiger partial charge is 0.491 e. The highest BCUT2D eigenvalue weighted by molar-refractivity contribution is 5.79. The summed E-state index contributed by atoms with van der Waals surface area (Å²) >= 11 is 0. The second-order valence-corrected chi connectivity index (χ2v) is 4.08. The van der Waals surface area contributed by atoms with Crippen LogP contribution in [-0.4, -0.2) is 38.3 Å². The van der Waals surface area contributed by atoms with Gasteiger partial charge in [0.25, 0.3) is 0 Å². The van der Waals surface area contributed by atoms with E-state index in [0.29, 0.717) is 32.8 Å². The Bertz CT molecular complexity index is 357. The molecule has 1 atom stereocenters. The second kappa shape index (κ2) is 9.35. The molecule has 0 saturated carbocycles. The van der Waals surface area contributed by atoms with Crippen LogP contribution in [0, 0.1) is 0 Å². The third-order valence-corrected chi connectivity index (χ3v) is 2.58. The molecule has 5 heteroatoms. The zero-order valence-electron chi connectivity index (χ0n) is 11.3. The Morgan fingerprint density at radius 3 is 2.63 bits per heavy atom. The fourth-order valence-electron chi connectivity index (χ4n) is 1.63. The van der Waals surface area contributed by atoms with Gasteiger partial charge >= 0.3 is 0 Å². The van der Waals surface area contributed by atoms with Gasteiger partial charge in [-0.25, -0.2) is 0 Å². The topological polar surface area (TPSA) is 73.6 Å². The molecule has 1 aromatic rings. The van der Waals surface area contributed by atoms with Crippen molar-refractivity contribution in [2.75, 3.05) is 26.4 Å². The number of benzene rings is 1. The molecule has 0 saturated heterocycles. The SMILES string of the molecule is CCNC(CCOCCOc1ccccc1)C(N)=O. The fraction of sp³-hybridized carbons (Fsp3) is 0.500. The van der Waals surface area contributed by atoms with Crippen LogP contribution in [0.4, 0.5) is 0 Å². The molecule has 1 amide bonds. The molecule has 3 N–H and O–H groups in total. The van der Waals surface area contributed by atoms with E-state index in [-0.39, 0.29) is 11.9 Å². The molecule has 1 unspecified atom stereocenters. The Balaban J connectivity index is 2.06. The van der Waals surface area contributed by atoms with E-state index in [0.717, 1.165) is 5.75 Å². The van der Waals surface area contributed by atoms with Crippen molar-refractivity contribution in [1.82, 2.24) is 5.32 Å². The highest BCUT2D eigenvalue weighted by Crippen LogP contribution is 2.07. The third kappa shape index (κ3) is 6.79. The van der Waals surface area contributed by atoms with Crippen molar-refractivity contribution >= 4 is 5.91 Å². The van der Waals surface area contributed by atoms with E-state index in [1.165, 1.54) is 0 Å². The van der Waals surface area contributed by atoms with Gasteiger partial charge in [-0.15, -0.1) is 0 Å². The molecule has 0 heterocycles. The number of nitrogens with two attached hydrogens (primary N) is 1. The van der Waals surface area contributed by atoms with Crippen molar-refractivity contribution in [3.05, 3.63) is 30.3 Å². The highest BCUT2D eigenvalue weighted by atomic mass is 16.5. The first kappa shape index (κ1) is 15.5. The van der Waals surface area contributed by atoms with E-state index in [2.05, 4.69) is 5.32 Å². The second-order valence-electron chi connectivity index (χ2n) is 4.08. The maximum absolute atomic E-state index is 11.1. The average molecular weight is 266 g/mol. The lowest BCUT2D eigenvalue weighted by Gasteiger charge is -2.14. The summed E-state index contributed by atoms with van der Waals surface area (Å²) in [7, 11) is 0. The van der Waals surface area contributed by atoms with E-state index in [9.17, 15) is 4.79 Å². The number of para-hydroxylation sites is 1. The molecular formula is C14H22N2O3. The zero-order valence-corrected chi connectivity index (χ0v) is 11.3. The summed E-state index contributed by atoms with van der Waals surface area (Å²) in [6.07, 6.45) is 0.578. The van der Waals surface area contributed by atoms with Gasteiger partial charge in [0.15, 0.2) is 0 Å². The van der Waals surface area contributed by atoms with Crippen LogP contribution in [0.3, 0.4) is 0 Å². The lowest BCUT2D eigenvalue weighted by molar-refractivity contribution is -0.120. The minimum Gasteiger partial charge on any atom is -0.491 e. The average Bonchev–Trinajstić information content (AvgIpc) is 2.42. The van der Waals surface area contributed by atoms with Crippen LogP contribution in [0.1, 0.15) is 13.3 Å². The van der Waals surface area contributed by atoms with Gasteiger partial charge in [-0.3, -0.25) is 4.79 Å². The molecule has 0 aliphatic heterocycles. The van der Waals surface area contributed by atoms with E-state index in [4.69, 9.17) is 15.2 Å². The van der Waals surface area contributed by atoms with Crippen LogP contribution < -0.4 is 15.8 Å². The standard InChI is InChI=1S/C14H22N2O3/c1-2-16-13(14(15)17)8-9-18-10-11-19-12-6-4-3-5-7-12/h3-7,13,16H,2,8-11H2,1H3,(H2,15,17). The Morgan fingerprint density at radius 2 is 2.00 bits per heavy atom. The first-order chi connectivity index (χ1) is 9.24. The van der Waals surface area contributed by atoms with Gasteiger partial charge in [0, 0.05) is 6.61 Å². The summed E-state index contributed by atoms with van der Waals surface area (Å²) in [5.74, 6) is 0.486. The lowest BCUT2D eigenvalue weighted by Crippen LogP contribution is -2.41. The van der Waals surface area contributed by atoms with Gasteiger partial charge in [-0.2, -0.15) is 0 Å². The van der Waals surface area contributed by atoms with Gasteiger partial charge in [0.05, 0.1) is 12.6 Å². The molecule has 0 bridgehead atoms. The summed E-state index contributed by atoms with van der Waals surface area (Å²) < 4.78 is 10.9. The minimum absolute atomic E-state index is 0.319. The van der Waals surface area contributed by atoms with Crippen LogP contribution >= 0.6 is 0 Å². The molecule has 1 aromatic carbocycles. The number of hydrogen-bond donors (Lipinski definition) is 2. The number of primary amides is 1. The van der Waals surface area contributed by atoms with E-state index in [1.54, 1.807) is 0 Å². The predicted molar refractivity (Wildman–Crippen MR) is 74.0 cm³/mol. The summed E-state index contributed by atoms with van der Waals surface area (Å²) in [4.78, 5) is 11.1. The minimum atomic E-state index is -0.342. The molecular weight excluding hydrogens is 244 g/mol. The number of ether oxygens (including phenoxy) is 2. The summed E-state index contributed by atoms with van der Waals surface area (Å²) in [6.45, 7) is 4.12. The molecule has 0 fully saturated rings. The highest BCUT2D eigenvalue weighted by Gasteiger charge is 2.12. The molecule has 19 heavy (non-hydrogen) atoms. The number of rotatable bonds is 10. The number of nitrogens with one attached hydrogen (secondary N) is 1. The quantitative estimate of drug-likeness (QED) is 0.618. The first-order valence-corrected chi connectivity index (χ1v) is 6.52. The Kier molecular flexibility index (Phi) is 7.62.